The van der Waals surface area contributed by atoms with Crippen LogP contribution in [0.1, 0.15) is 25.0 Å². The van der Waals surface area contributed by atoms with E-state index < -0.39 is 11.7 Å². The normalized spacial score (nSPS) is 11.6. The van der Waals surface area contributed by atoms with Gasteiger partial charge in [-0.3, -0.25) is 0 Å². The molecular formula is C17H19F3N2O. The van der Waals surface area contributed by atoms with Crippen LogP contribution in [0.2, 0.25) is 0 Å². The molecule has 0 aromatic heterocycles. The summed E-state index contributed by atoms with van der Waals surface area (Å²) < 4.78 is 45.2. The minimum Gasteiger partial charge on any atom is -0.491 e. The maximum atomic E-state index is 13.3. The Bertz CT molecular complexity index is 652. The van der Waals surface area contributed by atoms with Gasteiger partial charge in [-0.1, -0.05) is 12.1 Å². The van der Waals surface area contributed by atoms with Crippen molar-refractivity contribution in [2.45, 2.75) is 32.7 Å². The Labute approximate surface area is 133 Å². The summed E-state index contributed by atoms with van der Waals surface area (Å²) in [5.41, 5.74) is 6.19. The molecule has 0 unspecified atom stereocenters. The van der Waals surface area contributed by atoms with E-state index in [2.05, 4.69) is 5.32 Å². The van der Waals surface area contributed by atoms with Gasteiger partial charge in [-0.2, -0.15) is 13.2 Å². The highest BCUT2D eigenvalue weighted by atomic mass is 19.4. The van der Waals surface area contributed by atoms with Gasteiger partial charge in [0, 0.05) is 12.2 Å². The maximum absolute atomic E-state index is 13.3. The lowest BCUT2D eigenvalue weighted by Gasteiger charge is -2.17. The monoisotopic (exact) mass is 324 g/mol. The van der Waals surface area contributed by atoms with Crippen molar-refractivity contribution in [3.05, 3.63) is 53.6 Å². The smallest absolute Gasteiger partial charge is 0.418 e. The van der Waals surface area contributed by atoms with Crippen molar-refractivity contribution in [2.24, 2.45) is 5.73 Å². The van der Waals surface area contributed by atoms with Crippen LogP contribution in [0, 0.1) is 0 Å². The first kappa shape index (κ1) is 17.1. The first-order chi connectivity index (χ1) is 10.8. The predicted octanol–water partition coefficient (Wildman–Crippen LogP) is 4.69. The molecule has 23 heavy (non-hydrogen) atoms. The lowest BCUT2D eigenvalue weighted by atomic mass is 10.1. The van der Waals surface area contributed by atoms with Gasteiger partial charge in [-0.25, -0.2) is 0 Å². The summed E-state index contributed by atoms with van der Waals surface area (Å²) in [6.07, 6.45) is -4.67. The van der Waals surface area contributed by atoms with E-state index in [0.717, 1.165) is 11.6 Å². The fraction of sp³-hybridized carbons (Fsp3) is 0.294. The predicted molar refractivity (Wildman–Crippen MR) is 84.8 cm³/mol. The van der Waals surface area contributed by atoms with Crippen LogP contribution in [-0.4, -0.2) is 6.10 Å². The summed E-state index contributed by atoms with van der Waals surface area (Å²) in [5, 5.41) is 2.79. The van der Waals surface area contributed by atoms with Crippen molar-refractivity contribution in [2.75, 3.05) is 5.32 Å². The standard InChI is InChI=1S/C17H19F3N2O/c1-11(2)23-14-7-8-16(15(9-14)17(18,19)20)22-13-5-3-12(10-21)4-6-13/h3-9,11,22H,10,21H2,1-2H3. The summed E-state index contributed by atoms with van der Waals surface area (Å²) in [6, 6.07) is 10.8. The Morgan fingerprint density at radius 3 is 2.26 bits per heavy atom. The molecule has 0 radical (unpaired) electrons. The number of halogens is 3. The zero-order valence-electron chi connectivity index (χ0n) is 12.9. The number of nitrogens with two attached hydrogens (primary N) is 1. The molecule has 3 N–H and O–H groups in total. The fourth-order valence-electron chi connectivity index (χ4n) is 2.09. The Hall–Kier alpha value is -2.21. The van der Waals surface area contributed by atoms with Crippen molar-refractivity contribution in [1.82, 2.24) is 0 Å². The van der Waals surface area contributed by atoms with Crippen LogP contribution in [0.3, 0.4) is 0 Å². The van der Waals surface area contributed by atoms with Crippen molar-refractivity contribution >= 4 is 11.4 Å². The molecule has 0 bridgehead atoms. The van der Waals surface area contributed by atoms with Gasteiger partial charge in [0.15, 0.2) is 0 Å². The highest BCUT2D eigenvalue weighted by Crippen LogP contribution is 2.38. The summed E-state index contributed by atoms with van der Waals surface area (Å²) in [4.78, 5) is 0. The van der Waals surface area contributed by atoms with Gasteiger partial charge in [-0.15, -0.1) is 0 Å². The summed E-state index contributed by atoms with van der Waals surface area (Å²) in [5.74, 6) is 0.191. The summed E-state index contributed by atoms with van der Waals surface area (Å²) in [7, 11) is 0. The molecule has 124 valence electrons. The molecule has 0 aliphatic carbocycles. The molecule has 0 atom stereocenters. The number of anilines is 2. The third kappa shape index (κ3) is 4.63. The van der Waals surface area contributed by atoms with Crippen LogP contribution in [-0.2, 0) is 12.7 Å². The SMILES string of the molecule is CC(C)Oc1ccc(Nc2ccc(CN)cc2)c(C(F)(F)F)c1. The summed E-state index contributed by atoms with van der Waals surface area (Å²) >= 11 is 0. The molecule has 6 heteroatoms. The number of hydrogen-bond donors (Lipinski definition) is 2. The molecule has 0 saturated carbocycles. The first-order valence-electron chi connectivity index (χ1n) is 7.23. The fourth-order valence-corrected chi connectivity index (χ4v) is 2.09. The molecule has 2 aromatic carbocycles. The molecule has 3 nitrogen and oxygen atoms in total. The number of hydrogen-bond acceptors (Lipinski definition) is 3. The maximum Gasteiger partial charge on any atom is 0.418 e. The van der Waals surface area contributed by atoms with Gasteiger partial charge in [0.25, 0.3) is 0 Å². The lowest BCUT2D eigenvalue weighted by molar-refractivity contribution is -0.137. The van der Waals surface area contributed by atoms with Crippen LogP contribution in [0.5, 0.6) is 5.75 Å². The largest absolute Gasteiger partial charge is 0.491 e. The van der Waals surface area contributed by atoms with Crippen molar-refractivity contribution in [1.29, 1.82) is 0 Å². The van der Waals surface area contributed by atoms with Crippen molar-refractivity contribution in [3.63, 3.8) is 0 Å². The highest BCUT2D eigenvalue weighted by Gasteiger charge is 2.34. The minimum absolute atomic E-state index is 0.0193. The Morgan fingerprint density at radius 2 is 1.74 bits per heavy atom. The van der Waals surface area contributed by atoms with Gasteiger partial charge < -0.3 is 15.8 Å². The second kappa shape index (κ2) is 6.91. The molecular weight excluding hydrogens is 305 g/mol. The molecule has 0 saturated heterocycles. The van der Waals surface area contributed by atoms with Crippen LogP contribution >= 0.6 is 0 Å². The van der Waals surface area contributed by atoms with E-state index in [1.807, 2.05) is 0 Å². The van der Waals surface area contributed by atoms with E-state index in [0.29, 0.717) is 12.2 Å². The van der Waals surface area contributed by atoms with Gasteiger partial charge in [0.2, 0.25) is 0 Å². The molecule has 2 aromatic rings. The Morgan fingerprint density at radius 1 is 1.09 bits per heavy atom. The average molecular weight is 324 g/mol. The van der Waals surface area contributed by atoms with E-state index in [-0.39, 0.29) is 17.5 Å². The number of alkyl halides is 3. The molecule has 0 aliphatic heterocycles. The Kier molecular flexibility index (Phi) is 5.15. The zero-order chi connectivity index (χ0) is 17.0. The topological polar surface area (TPSA) is 47.3 Å². The van der Waals surface area contributed by atoms with Gasteiger partial charge in [-0.05, 0) is 49.7 Å². The second-order valence-corrected chi connectivity index (χ2v) is 5.40. The van der Waals surface area contributed by atoms with Gasteiger partial charge >= 0.3 is 6.18 Å². The third-order valence-corrected chi connectivity index (χ3v) is 3.14. The van der Waals surface area contributed by atoms with Crippen molar-refractivity contribution in [3.8, 4) is 5.75 Å². The third-order valence-electron chi connectivity index (χ3n) is 3.14. The molecule has 0 fully saturated rings. The molecule has 0 heterocycles. The van der Waals surface area contributed by atoms with Crippen LogP contribution in [0.4, 0.5) is 24.5 Å². The van der Waals surface area contributed by atoms with Gasteiger partial charge in [0.1, 0.15) is 5.75 Å². The second-order valence-electron chi connectivity index (χ2n) is 5.40. The molecule has 0 aliphatic rings. The number of benzene rings is 2. The lowest BCUT2D eigenvalue weighted by Crippen LogP contribution is -2.11. The number of nitrogens with one attached hydrogen (secondary N) is 1. The zero-order valence-corrected chi connectivity index (χ0v) is 12.9. The van der Waals surface area contributed by atoms with E-state index in [9.17, 15) is 13.2 Å². The molecule has 2 rings (SSSR count). The molecule has 0 spiro atoms. The van der Waals surface area contributed by atoms with Gasteiger partial charge in [0.05, 0.1) is 17.4 Å². The van der Waals surface area contributed by atoms with E-state index in [4.69, 9.17) is 10.5 Å². The summed E-state index contributed by atoms with van der Waals surface area (Å²) in [6.45, 7) is 3.91. The number of ether oxygens (including phenoxy) is 1. The minimum atomic E-state index is -4.48. The quantitative estimate of drug-likeness (QED) is 0.838. The van der Waals surface area contributed by atoms with Crippen LogP contribution in [0.15, 0.2) is 42.5 Å². The van der Waals surface area contributed by atoms with E-state index >= 15 is 0 Å². The molecule has 0 amide bonds. The Balaban J connectivity index is 2.32. The number of rotatable bonds is 5. The van der Waals surface area contributed by atoms with Crippen LogP contribution < -0.4 is 15.8 Å². The van der Waals surface area contributed by atoms with E-state index in [1.54, 1.807) is 38.1 Å². The van der Waals surface area contributed by atoms with E-state index in [1.165, 1.54) is 12.1 Å². The van der Waals surface area contributed by atoms with Crippen molar-refractivity contribution < 1.29 is 17.9 Å². The highest BCUT2D eigenvalue weighted by molar-refractivity contribution is 5.65. The van der Waals surface area contributed by atoms with Crippen LogP contribution in [0.25, 0.3) is 0 Å². The first-order valence-corrected chi connectivity index (χ1v) is 7.23. The average Bonchev–Trinajstić information content (AvgIpc) is 2.48.